The van der Waals surface area contributed by atoms with Crippen LogP contribution >= 0.6 is 0 Å². The minimum Gasteiger partial charge on any atom is -0.463 e. The molecule has 0 unspecified atom stereocenters. The monoisotopic (exact) mass is 526 g/mol. The quantitative estimate of drug-likeness (QED) is 0.188. The van der Waals surface area contributed by atoms with E-state index in [2.05, 4.69) is 10.1 Å². The number of non-ortho nitro benzene ring substituents is 1. The number of nitrogens with zero attached hydrogens (tertiary/aromatic N) is 1. The van der Waals surface area contributed by atoms with Crippen LogP contribution in [0, 0.1) is 10.1 Å². The molecule has 202 valence electrons. The molecule has 1 fully saturated rings. The van der Waals surface area contributed by atoms with Crippen molar-refractivity contribution in [2.75, 3.05) is 13.2 Å². The topological polar surface area (TPSA) is 196 Å². The fourth-order valence-corrected chi connectivity index (χ4v) is 3.33. The molecule has 0 radical (unpaired) electrons. The third-order valence-electron chi connectivity index (χ3n) is 4.74. The van der Waals surface area contributed by atoms with Crippen LogP contribution in [-0.2, 0) is 47.7 Å². The van der Waals surface area contributed by atoms with Crippen molar-refractivity contribution in [1.82, 2.24) is 5.32 Å². The number of ether oxygens (including phenoxy) is 6. The normalized spacial score (nSPS) is 22.6. The molecule has 0 spiro atoms. The Kier molecular flexibility index (Phi) is 10.3. The summed E-state index contributed by atoms with van der Waals surface area (Å²) in [5.74, 6) is -3.79. The van der Waals surface area contributed by atoms with Gasteiger partial charge < -0.3 is 33.7 Å². The Morgan fingerprint density at radius 1 is 0.892 bits per heavy atom. The summed E-state index contributed by atoms with van der Waals surface area (Å²) in [7, 11) is 0. The van der Waals surface area contributed by atoms with Gasteiger partial charge in [-0.3, -0.25) is 34.1 Å². The molecular formula is C22H26N2O13. The molecule has 1 aromatic rings. The molecule has 2 rings (SSSR count). The summed E-state index contributed by atoms with van der Waals surface area (Å²) < 4.78 is 32.0. The zero-order valence-corrected chi connectivity index (χ0v) is 20.4. The number of carbonyl (C=O) groups is 5. The van der Waals surface area contributed by atoms with Crippen LogP contribution in [0.2, 0.25) is 0 Å². The first-order valence-electron chi connectivity index (χ1n) is 10.8. The standard InChI is InChI=1S/C22H26N2O13/c1-11(25)32-9-17-20(34-13(3)27)21(35-14(4)28)19(23-18(29)10-33-12(2)26)22(37-17)36-16-7-5-15(6-8-16)24(30)31/h5-8,17,19-22H,9-10H2,1-4H3,(H,23,29)/t17-,19-,20-,21-,22-/m1/s1. The second-order valence-electron chi connectivity index (χ2n) is 7.74. The third kappa shape index (κ3) is 9.03. The maximum atomic E-state index is 12.5. The fourth-order valence-electron chi connectivity index (χ4n) is 3.33. The first-order valence-corrected chi connectivity index (χ1v) is 10.8. The van der Waals surface area contributed by atoms with E-state index in [0.717, 1.165) is 39.8 Å². The van der Waals surface area contributed by atoms with Crippen molar-refractivity contribution in [2.45, 2.75) is 58.3 Å². The van der Waals surface area contributed by atoms with Crippen molar-refractivity contribution in [3.05, 3.63) is 34.4 Å². The van der Waals surface area contributed by atoms with E-state index in [1.54, 1.807) is 0 Å². The highest BCUT2D eigenvalue weighted by Crippen LogP contribution is 2.29. The zero-order valence-electron chi connectivity index (χ0n) is 20.4. The summed E-state index contributed by atoms with van der Waals surface area (Å²) in [6.45, 7) is 3.25. The third-order valence-corrected chi connectivity index (χ3v) is 4.74. The molecule has 0 aromatic heterocycles. The van der Waals surface area contributed by atoms with Crippen LogP contribution in [0.15, 0.2) is 24.3 Å². The van der Waals surface area contributed by atoms with E-state index >= 15 is 0 Å². The molecule has 1 N–H and O–H groups in total. The van der Waals surface area contributed by atoms with Gasteiger partial charge in [-0.25, -0.2) is 0 Å². The Labute approximate surface area is 210 Å². The Balaban J connectivity index is 2.46. The number of amides is 1. The van der Waals surface area contributed by atoms with E-state index in [1.165, 1.54) is 12.1 Å². The number of nitro benzene ring substituents is 1. The number of rotatable bonds is 10. The van der Waals surface area contributed by atoms with E-state index in [1.807, 2.05) is 0 Å². The van der Waals surface area contributed by atoms with Crippen molar-refractivity contribution in [2.24, 2.45) is 0 Å². The molecule has 0 bridgehead atoms. The predicted molar refractivity (Wildman–Crippen MR) is 119 cm³/mol. The van der Waals surface area contributed by atoms with E-state index in [-0.39, 0.29) is 11.4 Å². The number of esters is 4. The van der Waals surface area contributed by atoms with Crippen molar-refractivity contribution in [1.29, 1.82) is 0 Å². The van der Waals surface area contributed by atoms with Crippen LogP contribution in [0.1, 0.15) is 27.7 Å². The molecule has 1 aromatic carbocycles. The van der Waals surface area contributed by atoms with Crippen LogP contribution in [-0.4, -0.2) is 78.6 Å². The zero-order chi connectivity index (χ0) is 27.7. The van der Waals surface area contributed by atoms with Crippen molar-refractivity contribution in [3.8, 4) is 5.75 Å². The van der Waals surface area contributed by atoms with Gasteiger partial charge >= 0.3 is 23.9 Å². The Hall–Kier alpha value is -4.27. The van der Waals surface area contributed by atoms with Gasteiger partial charge in [-0.2, -0.15) is 0 Å². The molecule has 1 aliphatic heterocycles. The second kappa shape index (κ2) is 13.2. The average Bonchev–Trinajstić information content (AvgIpc) is 2.80. The smallest absolute Gasteiger partial charge is 0.303 e. The van der Waals surface area contributed by atoms with Crippen LogP contribution in [0.4, 0.5) is 5.69 Å². The largest absolute Gasteiger partial charge is 0.463 e. The summed E-state index contributed by atoms with van der Waals surface area (Å²) in [6.07, 6.45) is -5.46. The van der Waals surface area contributed by atoms with Crippen LogP contribution < -0.4 is 10.1 Å². The lowest BCUT2D eigenvalue weighted by molar-refractivity contribution is -0.384. The molecule has 15 nitrogen and oxygen atoms in total. The van der Waals surface area contributed by atoms with Gasteiger partial charge in [-0.15, -0.1) is 0 Å². The summed E-state index contributed by atoms with van der Waals surface area (Å²) in [5, 5.41) is 13.4. The predicted octanol–water partition coefficient (Wildman–Crippen LogP) is 0.173. The minimum absolute atomic E-state index is 0.0635. The number of hydrogen-bond donors (Lipinski definition) is 1. The molecule has 5 atom stereocenters. The number of hydrogen-bond acceptors (Lipinski definition) is 13. The van der Waals surface area contributed by atoms with E-state index in [0.29, 0.717) is 0 Å². The molecule has 15 heteroatoms. The minimum atomic E-state index is -1.46. The van der Waals surface area contributed by atoms with E-state index in [9.17, 15) is 34.1 Å². The van der Waals surface area contributed by atoms with E-state index < -0.39 is 78.6 Å². The van der Waals surface area contributed by atoms with Gasteiger partial charge in [0.1, 0.15) is 24.5 Å². The lowest BCUT2D eigenvalue weighted by Crippen LogP contribution is -2.67. The van der Waals surface area contributed by atoms with Crippen LogP contribution in [0.5, 0.6) is 5.75 Å². The second-order valence-corrected chi connectivity index (χ2v) is 7.74. The average molecular weight is 526 g/mol. The molecule has 1 saturated heterocycles. The number of nitro groups is 1. The Morgan fingerprint density at radius 2 is 1.46 bits per heavy atom. The summed E-state index contributed by atoms with van der Waals surface area (Å²) in [6, 6.07) is 3.50. The molecular weight excluding hydrogens is 500 g/mol. The van der Waals surface area contributed by atoms with Gasteiger partial charge in [0.15, 0.2) is 18.8 Å². The summed E-state index contributed by atoms with van der Waals surface area (Å²) in [4.78, 5) is 69.1. The number of carbonyl (C=O) groups excluding carboxylic acids is 5. The molecule has 0 saturated carbocycles. The first-order chi connectivity index (χ1) is 17.4. The maximum Gasteiger partial charge on any atom is 0.303 e. The van der Waals surface area contributed by atoms with Crippen molar-refractivity contribution in [3.63, 3.8) is 0 Å². The maximum absolute atomic E-state index is 12.5. The van der Waals surface area contributed by atoms with Gasteiger partial charge in [-0.05, 0) is 12.1 Å². The Bertz CT molecular complexity index is 1030. The number of benzene rings is 1. The summed E-state index contributed by atoms with van der Waals surface area (Å²) in [5.41, 5.74) is -0.219. The molecule has 1 aliphatic rings. The van der Waals surface area contributed by atoms with E-state index in [4.69, 9.17) is 23.7 Å². The fraction of sp³-hybridized carbons (Fsp3) is 0.500. The molecule has 1 amide bonds. The lowest BCUT2D eigenvalue weighted by Gasteiger charge is -2.44. The van der Waals surface area contributed by atoms with Gasteiger partial charge in [0.25, 0.3) is 11.6 Å². The van der Waals surface area contributed by atoms with Crippen LogP contribution in [0.3, 0.4) is 0 Å². The van der Waals surface area contributed by atoms with Crippen molar-refractivity contribution >= 4 is 35.5 Å². The molecule has 37 heavy (non-hydrogen) atoms. The molecule has 1 heterocycles. The Morgan fingerprint density at radius 3 is 1.97 bits per heavy atom. The van der Waals surface area contributed by atoms with Crippen LogP contribution in [0.25, 0.3) is 0 Å². The SMILES string of the molecule is CC(=O)OCC(=O)N[C@H]1[C@H](Oc2ccc([N+](=O)[O-])cc2)O[C@H](COC(C)=O)[C@@H](OC(C)=O)[C@@H]1OC(C)=O. The molecule has 0 aliphatic carbocycles. The van der Waals surface area contributed by atoms with Gasteiger partial charge in [-0.1, -0.05) is 0 Å². The lowest BCUT2D eigenvalue weighted by atomic mass is 9.96. The van der Waals surface area contributed by atoms with Gasteiger partial charge in [0.05, 0.1) is 4.92 Å². The highest BCUT2D eigenvalue weighted by molar-refractivity contribution is 5.80. The summed E-state index contributed by atoms with van der Waals surface area (Å²) >= 11 is 0. The van der Waals surface area contributed by atoms with Crippen molar-refractivity contribution < 1.29 is 57.3 Å². The first kappa shape index (κ1) is 29.0. The van der Waals surface area contributed by atoms with Gasteiger partial charge in [0, 0.05) is 39.8 Å². The highest BCUT2D eigenvalue weighted by atomic mass is 16.7. The highest BCUT2D eigenvalue weighted by Gasteiger charge is 2.52. The van der Waals surface area contributed by atoms with Gasteiger partial charge in [0.2, 0.25) is 6.29 Å². The number of nitrogens with one attached hydrogen (secondary N) is 1.